The van der Waals surface area contributed by atoms with Gasteiger partial charge in [0.2, 0.25) is 11.9 Å². The molecule has 2 aromatic rings. The van der Waals surface area contributed by atoms with Gasteiger partial charge in [-0.3, -0.25) is 4.79 Å². The molecule has 0 saturated carbocycles. The molecule has 0 spiro atoms. The van der Waals surface area contributed by atoms with Crippen LogP contribution in [0.5, 0.6) is 0 Å². The van der Waals surface area contributed by atoms with Gasteiger partial charge in [0.05, 0.1) is 0 Å². The van der Waals surface area contributed by atoms with Crippen LogP contribution in [0.4, 0.5) is 23.1 Å². The molecule has 0 aliphatic rings. The van der Waals surface area contributed by atoms with Crippen LogP contribution in [-0.4, -0.2) is 29.5 Å². The summed E-state index contributed by atoms with van der Waals surface area (Å²) in [5, 5.41) is 5.92. The number of hydrogen-bond acceptors (Lipinski definition) is 5. The molecule has 0 aliphatic carbocycles. The summed E-state index contributed by atoms with van der Waals surface area (Å²) in [5.74, 6) is 1.32. The molecule has 1 heterocycles. The molecule has 0 atom stereocenters. The molecular weight excluding hydrogens is 290 g/mol. The molecule has 1 aromatic carbocycles. The lowest BCUT2D eigenvalue weighted by Crippen LogP contribution is -2.20. The second-order valence-electron chi connectivity index (χ2n) is 5.40. The second-order valence-corrected chi connectivity index (χ2v) is 5.40. The molecule has 6 nitrogen and oxygen atoms in total. The van der Waals surface area contributed by atoms with Crippen molar-refractivity contribution in [2.24, 2.45) is 0 Å². The van der Waals surface area contributed by atoms with E-state index in [0.717, 1.165) is 36.6 Å². The van der Waals surface area contributed by atoms with Crippen LogP contribution in [0.25, 0.3) is 0 Å². The summed E-state index contributed by atoms with van der Waals surface area (Å²) in [6, 6.07) is 9.35. The fourth-order valence-electron chi connectivity index (χ4n) is 2.14. The minimum Gasteiger partial charge on any atom is -0.360 e. The molecule has 122 valence electrons. The van der Waals surface area contributed by atoms with Gasteiger partial charge in [0.1, 0.15) is 5.82 Å². The van der Waals surface area contributed by atoms with Gasteiger partial charge in [0, 0.05) is 38.1 Å². The number of carbonyl (C=O) groups is 1. The molecule has 0 fully saturated rings. The van der Waals surface area contributed by atoms with Crippen LogP contribution >= 0.6 is 0 Å². The van der Waals surface area contributed by atoms with Crippen LogP contribution in [-0.2, 0) is 4.79 Å². The van der Waals surface area contributed by atoms with Crippen molar-refractivity contribution in [2.45, 2.75) is 26.7 Å². The van der Waals surface area contributed by atoms with Gasteiger partial charge >= 0.3 is 0 Å². The molecule has 6 heteroatoms. The highest BCUT2D eigenvalue weighted by Gasteiger charge is 2.05. The van der Waals surface area contributed by atoms with E-state index in [0.29, 0.717) is 5.95 Å². The molecule has 1 amide bonds. The Morgan fingerprint density at radius 3 is 2.78 bits per heavy atom. The van der Waals surface area contributed by atoms with Crippen molar-refractivity contribution >= 4 is 29.0 Å². The molecule has 0 aliphatic heterocycles. The first-order valence-corrected chi connectivity index (χ1v) is 7.77. The lowest BCUT2D eigenvalue weighted by atomic mass is 10.2. The van der Waals surface area contributed by atoms with Gasteiger partial charge in [-0.2, -0.15) is 4.98 Å². The van der Waals surface area contributed by atoms with Gasteiger partial charge in [0.15, 0.2) is 0 Å². The normalized spacial score (nSPS) is 10.2. The largest absolute Gasteiger partial charge is 0.360 e. The summed E-state index contributed by atoms with van der Waals surface area (Å²) in [5.41, 5.74) is 1.56. The quantitative estimate of drug-likeness (QED) is 0.819. The number of amides is 1. The Labute approximate surface area is 137 Å². The Morgan fingerprint density at radius 2 is 2.04 bits per heavy atom. The van der Waals surface area contributed by atoms with E-state index in [9.17, 15) is 4.79 Å². The van der Waals surface area contributed by atoms with Crippen molar-refractivity contribution in [3.63, 3.8) is 0 Å². The highest BCUT2D eigenvalue weighted by atomic mass is 16.1. The lowest BCUT2D eigenvalue weighted by molar-refractivity contribution is -0.114. The topological polar surface area (TPSA) is 70.2 Å². The summed E-state index contributed by atoms with van der Waals surface area (Å²) < 4.78 is 0. The predicted molar refractivity (Wildman–Crippen MR) is 94.2 cm³/mol. The number of hydrogen-bond donors (Lipinski definition) is 2. The zero-order valence-corrected chi connectivity index (χ0v) is 13.8. The van der Waals surface area contributed by atoms with Crippen molar-refractivity contribution < 1.29 is 4.79 Å². The molecule has 0 radical (unpaired) electrons. The van der Waals surface area contributed by atoms with E-state index in [1.165, 1.54) is 6.92 Å². The predicted octanol–water partition coefficient (Wildman–Crippen LogP) is 3.41. The van der Waals surface area contributed by atoms with Crippen LogP contribution in [0.2, 0.25) is 0 Å². The van der Waals surface area contributed by atoms with Crippen molar-refractivity contribution in [3.05, 3.63) is 36.5 Å². The van der Waals surface area contributed by atoms with Crippen molar-refractivity contribution in [1.29, 1.82) is 0 Å². The fourth-order valence-corrected chi connectivity index (χ4v) is 2.14. The molecule has 2 N–H and O–H groups in total. The first kappa shape index (κ1) is 16.7. The summed E-state index contributed by atoms with van der Waals surface area (Å²) in [4.78, 5) is 22.0. The number of unbranched alkanes of at least 4 members (excludes halogenated alkanes) is 1. The second kappa shape index (κ2) is 8.12. The SMILES string of the molecule is CCCCN(C)c1ccnc(Nc2cccc(NC(C)=O)c2)n1. The Kier molecular flexibility index (Phi) is 5.91. The number of aromatic nitrogens is 2. The van der Waals surface area contributed by atoms with Gasteiger partial charge in [-0.25, -0.2) is 4.98 Å². The average molecular weight is 313 g/mol. The third-order valence-electron chi connectivity index (χ3n) is 3.32. The third-order valence-corrected chi connectivity index (χ3v) is 3.32. The maximum absolute atomic E-state index is 11.1. The first-order chi connectivity index (χ1) is 11.1. The summed E-state index contributed by atoms with van der Waals surface area (Å²) >= 11 is 0. The number of nitrogens with zero attached hydrogens (tertiary/aromatic N) is 3. The average Bonchev–Trinajstić information content (AvgIpc) is 2.52. The Balaban J connectivity index is 2.09. The van der Waals surface area contributed by atoms with Crippen molar-refractivity contribution in [3.8, 4) is 0 Å². The van der Waals surface area contributed by atoms with E-state index in [2.05, 4.69) is 32.4 Å². The molecule has 0 unspecified atom stereocenters. The molecular formula is C17H23N5O. The van der Waals surface area contributed by atoms with E-state index in [4.69, 9.17) is 0 Å². The van der Waals surface area contributed by atoms with E-state index in [1.807, 2.05) is 37.4 Å². The monoisotopic (exact) mass is 313 g/mol. The summed E-state index contributed by atoms with van der Waals surface area (Å²) in [7, 11) is 2.03. The van der Waals surface area contributed by atoms with Gasteiger partial charge in [0.25, 0.3) is 0 Å². The molecule has 0 saturated heterocycles. The summed E-state index contributed by atoms with van der Waals surface area (Å²) in [6.07, 6.45) is 4.02. The molecule has 23 heavy (non-hydrogen) atoms. The van der Waals surface area contributed by atoms with Crippen LogP contribution in [0, 0.1) is 0 Å². The van der Waals surface area contributed by atoms with Crippen LogP contribution in [0.15, 0.2) is 36.5 Å². The van der Waals surface area contributed by atoms with Crippen molar-refractivity contribution in [2.75, 3.05) is 29.1 Å². The maximum atomic E-state index is 11.1. The number of rotatable bonds is 7. The lowest BCUT2D eigenvalue weighted by Gasteiger charge is -2.18. The maximum Gasteiger partial charge on any atom is 0.229 e. The minimum absolute atomic E-state index is 0.0991. The third kappa shape index (κ3) is 5.25. The highest BCUT2D eigenvalue weighted by Crippen LogP contribution is 2.19. The minimum atomic E-state index is -0.0991. The summed E-state index contributed by atoms with van der Waals surface area (Å²) in [6.45, 7) is 4.62. The smallest absolute Gasteiger partial charge is 0.229 e. The number of benzene rings is 1. The Bertz CT molecular complexity index is 659. The highest BCUT2D eigenvalue weighted by molar-refractivity contribution is 5.89. The van der Waals surface area contributed by atoms with Crippen molar-refractivity contribution in [1.82, 2.24) is 9.97 Å². The standard InChI is InChI=1S/C17H23N5O/c1-4-5-11-22(3)16-9-10-18-17(21-16)20-15-8-6-7-14(12-15)19-13(2)23/h6-10,12H,4-5,11H2,1-3H3,(H,19,23)(H,18,20,21). The van der Waals surface area contributed by atoms with E-state index in [1.54, 1.807) is 6.20 Å². The van der Waals surface area contributed by atoms with E-state index >= 15 is 0 Å². The van der Waals surface area contributed by atoms with Gasteiger partial charge < -0.3 is 15.5 Å². The van der Waals surface area contributed by atoms with E-state index < -0.39 is 0 Å². The van der Waals surface area contributed by atoms with Crippen LogP contribution in [0.3, 0.4) is 0 Å². The molecule has 1 aromatic heterocycles. The zero-order valence-electron chi connectivity index (χ0n) is 13.8. The van der Waals surface area contributed by atoms with Crippen LogP contribution in [0.1, 0.15) is 26.7 Å². The number of carbonyl (C=O) groups excluding carboxylic acids is 1. The van der Waals surface area contributed by atoms with Gasteiger partial charge in [-0.05, 0) is 30.7 Å². The van der Waals surface area contributed by atoms with Gasteiger partial charge in [-0.15, -0.1) is 0 Å². The molecule has 2 rings (SSSR count). The Morgan fingerprint density at radius 1 is 1.26 bits per heavy atom. The van der Waals surface area contributed by atoms with Gasteiger partial charge in [-0.1, -0.05) is 19.4 Å². The number of anilines is 4. The zero-order chi connectivity index (χ0) is 16.7. The fraction of sp³-hybridized carbons (Fsp3) is 0.353. The van der Waals surface area contributed by atoms with Crippen LogP contribution < -0.4 is 15.5 Å². The first-order valence-electron chi connectivity index (χ1n) is 7.77. The van der Waals surface area contributed by atoms with E-state index in [-0.39, 0.29) is 5.91 Å². The Hall–Kier alpha value is -2.63. The number of nitrogens with one attached hydrogen (secondary N) is 2. The molecule has 0 bridgehead atoms.